The van der Waals surface area contributed by atoms with Crippen LogP contribution < -0.4 is 10.5 Å². The fourth-order valence-electron chi connectivity index (χ4n) is 1.55. The van der Waals surface area contributed by atoms with Gasteiger partial charge in [-0.25, -0.2) is 0 Å². The molecule has 88 valence electrons. The molecule has 2 rings (SSSR count). The van der Waals surface area contributed by atoms with E-state index in [-0.39, 0.29) is 0 Å². The summed E-state index contributed by atoms with van der Waals surface area (Å²) in [5.41, 5.74) is 7.73. The number of anilines is 1. The second kappa shape index (κ2) is 5.15. The molecule has 17 heavy (non-hydrogen) atoms. The van der Waals surface area contributed by atoms with E-state index in [1.54, 1.807) is 18.9 Å². The van der Waals surface area contributed by atoms with Crippen LogP contribution in [0.1, 0.15) is 5.56 Å². The summed E-state index contributed by atoms with van der Waals surface area (Å²) >= 11 is 1.72. The summed E-state index contributed by atoms with van der Waals surface area (Å²) in [5.74, 6) is 0.726. The SMILES string of the molecule is COc1cc(Sc2ccccc2C)ccc1N. The number of benzene rings is 2. The lowest BCUT2D eigenvalue weighted by Crippen LogP contribution is -1.91. The van der Waals surface area contributed by atoms with Crippen molar-refractivity contribution < 1.29 is 4.74 Å². The van der Waals surface area contributed by atoms with E-state index in [0.29, 0.717) is 5.69 Å². The molecule has 2 N–H and O–H groups in total. The number of rotatable bonds is 3. The van der Waals surface area contributed by atoms with Crippen molar-refractivity contribution in [1.82, 2.24) is 0 Å². The van der Waals surface area contributed by atoms with Crippen LogP contribution in [-0.2, 0) is 0 Å². The summed E-state index contributed by atoms with van der Waals surface area (Å²) < 4.78 is 5.22. The van der Waals surface area contributed by atoms with Crippen LogP contribution in [0.4, 0.5) is 5.69 Å². The molecule has 0 amide bonds. The average Bonchev–Trinajstić information content (AvgIpc) is 2.34. The summed E-state index contributed by atoms with van der Waals surface area (Å²) in [5, 5.41) is 0. The maximum Gasteiger partial charge on any atom is 0.142 e. The largest absolute Gasteiger partial charge is 0.495 e. The Balaban J connectivity index is 2.28. The van der Waals surface area contributed by atoms with Crippen LogP contribution in [0.25, 0.3) is 0 Å². The molecular weight excluding hydrogens is 230 g/mol. The molecule has 3 heteroatoms. The first-order chi connectivity index (χ1) is 8.20. The molecule has 0 bridgehead atoms. The van der Waals surface area contributed by atoms with Crippen molar-refractivity contribution in [3.8, 4) is 5.75 Å². The average molecular weight is 245 g/mol. The third-order valence-corrected chi connectivity index (χ3v) is 3.69. The van der Waals surface area contributed by atoms with Crippen molar-refractivity contribution in [2.24, 2.45) is 0 Å². The molecule has 0 aliphatic rings. The van der Waals surface area contributed by atoms with Gasteiger partial charge in [0.2, 0.25) is 0 Å². The molecule has 0 spiro atoms. The molecule has 0 aliphatic carbocycles. The quantitative estimate of drug-likeness (QED) is 0.837. The number of hydrogen-bond acceptors (Lipinski definition) is 3. The second-order valence-electron chi connectivity index (χ2n) is 3.77. The zero-order valence-corrected chi connectivity index (χ0v) is 10.8. The minimum Gasteiger partial charge on any atom is -0.495 e. The minimum atomic E-state index is 0.668. The Morgan fingerprint density at radius 1 is 1.12 bits per heavy atom. The van der Waals surface area contributed by atoms with E-state index >= 15 is 0 Å². The molecule has 2 aromatic rings. The van der Waals surface area contributed by atoms with Crippen molar-refractivity contribution in [1.29, 1.82) is 0 Å². The van der Waals surface area contributed by atoms with E-state index in [1.165, 1.54) is 10.5 Å². The summed E-state index contributed by atoms with van der Waals surface area (Å²) in [6, 6.07) is 14.2. The molecule has 0 radical (unpaired) electrons. The topological polar surface area (TPSA) is 35.2 Å². The van der Waals surface area contributed by atoms with Gasteiger partial charge in [-0.05, 0) is 36.8 Å². The Morgan fingerprint density at radius 2 is 1.88 bits per heavy atom. The summed E-state index contributed by atoms with van der Waals surface area (Å²) in [6.07, 6.45) is 0. The third kappa shape index (κ3) is 2.74. The van der Waals surface area contributed by atoms with Crippen LogP contribution in [0, 0.1) is 6.92 Å². The molecule has 2 nitrogen and oxygen atoms in total. The van der Waals surface area contributed by atoms with E-state index in [2.05, 4.69) is 19.1 Å². The lowest BCUT2D eigenvalue weighted by atomic mass is 10.2. The third-order valence-electron chi connectivity index (χ3n) is 2.53. The number of aryl methyl sites for hydroxylation is 1. The van der Waals surface area contributed by atoms with Gasteiger partial charge in [0, 0.05) is 9.79 Å². The van der Waals surface area contributed by atoms with Crippen molar-refractivity contribution in [3.63, 3.8) is 0 Å². The predicted molar refractivity (Wildman–Crippen MR) is 72.7 cm³/mol. The first-order valence-electron chi connectivity index (χ1n) is 5.37. The first kappa shape index (κ1) is 11.9. The Bertz CT molecular complexity index is 525. The van der Waals surface area contributed by atoms with Crippen LogP contribution in [0.5, 0.6) is 5.75 Å². The van der Waals surface area contributed by atoms with Gasteiger partial charge in [0.25, 0.3) is 0 Å². The number of ether oxygens (including phenoxy) is 1. The normalized spacial score (nSPS) is 10.2. The van der Waals surface area contributed by atoms with Gasteiger partial charge in [0.15, 0.2) is 0 Å². The molecule has 0 heterocycles. The van der Waals surface area contributed by atoms with Gasteiger partial charge in [-0.1, -0.05) is 30.0 Å². The smallest absolute Gasteiger partial charge is 0.142 e. The molecule has 0 fully saturated rings. The number of methoxy groups -OCH3 is 1. The molecule has 0 atom stereocenters. The first-order valence-corrected chi connectivity index (χ1v) is 6.19. The Hall–Kier alpha value is -1.61. The standard InChI is InChI=1S/C14H15NOS/c1-10-5-3-4-6-14(10)17-11-7-8-12(15)13(9-11)16-2/h3-9H,15H2,1-2H3. The fourth-order valence-corrected chi connectivity index (χ4v) is 2.48. The van der Waals surface area contributed by atoms with E-state index in [0.717, 1.165) is 10.6 Å². The number of hydrogen-bond donors (Lipinski definition) is 1. The lowest BCUT2D eigenvalue weighted by molar-refractivity contribution is 0.416. The summed E-state index contributed by atoms with van der Waals surface area (Å²) in [7, 11) is 1.63. The molecule has 2 aromatic carbocycles. The summed E-state index contributed by atoms with van der Waals surface area (Å²) in [4.78, 5) is 2.38. The Labute approximate surface area is 106 Å². The molecule has 0 aliphatic heterocycles. The highest BCUT2D eigenvalue weighted by Crippen LogP contribution is 2.34. The van der Waals surface area contributed by atoms with Crippen LogP contribution in [0.15, 0.2) is 52.3 Å². The van der Waals surface area contributed by atoms with Gasteiger partial charge in [-0.15, -0.1) is 0 Å². The maximum absolute atomic E-state index is 5.79. The van der Waals surface area contributed by atoms with E-state index in [9.17, 15) is 0 Å². The number of nitrogens with two attached hydrogens (primary N) is 1. The van der Waals surface area contributed by atoms with Gasteiger partial charge in [0.05, 0.1) is 12.8 Å². The lowest BCUT2D eigenvalue weighted by Gasteiger charge is -2.08. The molecule has 0 unspecified atom stereocenters. The zero-order chi connectivity index (χ0) is 12.3. The van der Waals surface area contributed by atoms with Crippen molar-refractivity contribution in [3.05, 3.63) is 48.0 Å². The van der Waals surface area contributed by atoms with Crippen LogP contribution in [0.3, 0.4) is 0 Å². The minimum absolute atomic E-state index is 0.668. The van der Waals surface area contributed by atoms with Crippen molar-refractivity contribution in [2.45, 2.75) is 16.7 Å². The molecular formula is C14H15NOS. The van der Waals surface area contributed by atoms with Crippen LogP contribution in [0.2, 0.25) is 0 Å². The van der Waals surface area contributed by atoms with Crippen LogP contribution in [-0.4, -0.2) is 7.11 Å². The molecule has 0 saturated carbocycles. The van der Waals surface area contributed by atoms with Gasteiger partial charge in [0.1, 0.15) is 5.75 Å². The van der Waals surface area contributed by atoms with E-state index < -0.39 is 0 Å². The summed E-state index contributed by atoms with van der Waals surface area (Å²) in [6.45, 7) is 2.11. The van der Waals surface area contributed by atoms with Gasteiger partial charge < -0.3 is 10.5 Å². The second-order valence-corrected chi connectivity index (χ2v) is 4.89. The highest BCUT2D eigenvalue weighted by molar-refractivity contribution is 7.99. The maximum atomic E-state index is 5.79. The Kier molecular flexibility index (Phi) is 3.59. The highest BCUT2D eigenvalue weighted by atomic mass is 32.2. The van der Waals surface area contributed by atoms with Crippen LogP contribution >= 0.6 is 11.8 Å². The van der Waals surface area contributed by atoms with Crippen molar-refractivity contribution >= 4 is 17.4 Å². The van der Waals surface area contributed by atoms with E-state index in [4.69, 9.17) is 10.5 Å². The van der Waals surface area contributed by atoms with Gasteiger partial charge in [-0.2, -0.15) is 0 Å². The zero-order valence-electron chi connectivity index (χ0n) is 9.94. The molecule has 0 saturated heterocycles. The van der Waals surface area contributed by atoms with Gasteiger partial charge >= 0.3 is 0 Å². The number of nitrogen functional groups attached to an aromatic ring is 1. The van der Waals surface area contributed by atoms with Gasteiger partial charge in [-0.3, -0.25) is 0 Å². The highest BCUT2D eigenvalue weighted by Gasteiger charge is 2.04. The Morgan fingerprint density at radius 3 is 2.59 bits per heavy atom. The molecule has 0 aromatic heterocycles. The monoisotopic (exact) mass is 245 g/mol. The van der Waals surface area contributed by atoms with E-state index in [1.807, 2.05) is 30.3 Å². The van der Waals surface area contributed by atoms with Crippen molar-refractivity contribution in [2.75, 3.05) is 12.8 Å². The predicted octanol–water partition coefficient (Wildman–Crippen LogP) is 3.74. The fraction of sp³-hybridized carbons (Fsp3) is 0.143.